The minimum absolute atomic E-state index is 0.00807. The minimum atomic E-state index is -4.34. The SMILES string of the molecule is FC(F)(F)Sc1nc2n(n1)C(c1ccccc1)CC2. The van der Waals surface area contributed by atoms with Gasteiger partial charge in [-0.1, -0.05) is 30.3 Å². The molecule has 1 aliphatic heterocycles. The lowest BCUT2D eigenvalue weighted by Gasteiger charge is -2.11. The molecule has 0 bridgehead atoms. The van der Waals surface area contributed by atoms with Gasteiger partial charge in [0.25, 0.3) is 0 Å². The summed E-state index contributed by atoms with van der Waals surface area (Å²) in [5.41, 5.74) is -3.29. The molecule has 1 unspecified atom stereocenters. The summed E-state index contributed by atoms with van der Waals surface area (Å²) >= 11 is -0.261. The van der Waals surface area contributed by atoms with E-state index >= 15 is 0 Å². The molecule has 1 atom stereocenters. The fraction of sp³-hybridized carbons (Fsp3) is 0.333. The lowest BCUT2D eigenvalue weighted by molar-refractivity contribution is -0.0331. The normalized spacial score (nSPS) is 18.6. The molecule has 1 aromatic carbocycles. The van der Waals surface area contributed by atoms with Crippen LogP contribution in [0.5, 0.6) is 0 Å². The Morgan fingerprint density at radius 2 is 1.95 bits per heavy atom. The fourth-order valence-corrected chi connectivity index (χ4v) is 2.76. The number of benzene rings is 1. The molecular weight excluding hydrogens is 275 g/mol. The third kappa shape index (κ3) is 2.60. The zero-order valence-corrected chi connectivity index (χ0v) is 10.6. The smallest absolute Gasteiger partial charge is 0.241 e. The Morgan fingerprint density at radius 1 is 1.21 bits per heavy atom. The van der Waals surface area contributed by atoms with Crippen LogP contribution in [0.4, 0.5) is 13.2 Å². The lowest BCUT2D eigenvalue weighted by Crippen LogP contribution is -2.08. The van der Waals surface area contributed by atoms with Crippen molar-refractivity contribution in [3.05, 3.63) is 41.7 Å². The molecule has 0 amide bonds. The van der Waals surface area contributed by atoms with Gasteiger partial charge in [0.2, 0.25) is 5.16 Å². The predicted molar refractivity (Wildman–Crippen MR) is 64.8 cm³/mol. The molecule has 1 aliphatic rings. The fourth-order valence-electron chi connectivity index (χ4n) is 2.27. The second kappa shape index (κ2) is 4.56. The number of aromatic nitrogens is 3. The van der Waals surface area contributed by atoms with Gasteiger partial charge in [-0.3, -0.25) is 0 Å². The maximum absolute atomic E-state index is 12.3. The van der Waals surface area contributed by atoms with Crippen molar-refractivity contribution in [1.29, 1.82) is 0 Å². The van der Waals surface area contributed by atoms with Crippen molar-refractivity contribution in [3.8, 4) is 0 Å². The number of nitrogens with zero attached hydrogens (tertiary/aromatic N) is 3. The largest absolute Gasteiger partial charge is 0.449 e. The summed E-state index contributed by atoms with van der Waals surface area (Å²) in [4.78, 5) is 3.95. The van der Waals surface area contributed by atoms with Crippen LogP contribution >= 0.6 is 11.8 Å². The monoisotopic (exact) mass is 285 g/mol. The van der Waals surface area contributed by atoms with E-state index in [1.807, 2.05) is 30.3 Å². The van der Waals surface area contributed by atoms with E-state index in [1.54, 1.807) is 4.68 Å². The van der Waals surface area contributed by atoms with Gasteiger partial charge in [-0.05, 0) is 12.0 Å². The number of aryl methyl sites for hydroxylation is 1. The van der Waals surface area contributed by atoms with Crippen molar-refractivity contribution in [2.75, 3.05) is 0 Å². The maximum Gasteiger partial charge on any atom is 0.449 e. The molecular formula is C12H10F3N3S. The van der Waals surface area contributed by atoms with Crippen LogP contribution in [-0.2, 0) is 6.42 Å². The van der Waals surface area contributed by atoms with E-state index in [4.69, 9.17) is 0 Å². The Labute approximate surface area is 111 Å². The molecule has 0 aliphatic carbocycles. The van der Waals surface area contributed by atoms with E-state index in [1.165, 1.54) is 0 Å². The van der Waals surface area contributed by atoms with Crippen LogP contribution in [0, 0.1) is 0 Å². The van der Waals surface area contributed by atoms with Gasteiger partial charge >= 0.3 is 5.51 Å². The number of hydrogen-bond donors (Lipinski definition) is 0. The first-order chi connectivity index (χ1) is 9.03. The van der Waals surface area contributed by atoms with Crippen LogP contribution in [0.25, 0.3) is 0 Å². The topological polar surface area (TPSA) is 30.7 Å². The number of rotatable bonds is 2. The molecule has 19 heavy (non-hydrogen) atoms. The zero-order valence-electron chi connectivity index (χ0n) is 9.76. The first-order valence-corrected chi connectivity index (χ1v) is 6.61. The third-order valence-corrected chi connectivity index (χ3v) is 3.60. The quantitative estimate of drug-likeness (QED) is 0.792. The van der Waals surface area contributed by atoms with Gasteiger partial charge in [0.15, 0.2) is 0 Å². The molecule has 0 spiro atoms. The standard InChI is InChI=1S/C12H10F3N3S/c13-12(14,15)19-11-16-10-7-6-9(18(10)17-11)8-4-2-1-3-5-8/h1-5,9H,6-7H2. The second-order valence-electron chi connectivity index (χ2n) is 4.27. The second-order valence-corrected chi connectivity index (χ2v) is 5.30. The summed E-state index contributed by atoms with van der Waals surface area (Å²) in [6.45, 7) is 0. The van der Waals surface area contributed by atoms with Crippen molar-refractivity contribution >= 4 is 11.8 Å². The predicted octanol–water partition coefficient (Wildman–Crippen LogP) is 3.43. The Balaban J connectivity index is 1.89. The number of alkyl halides is 3. The van der Waals surface area contributed by atoms with Gasteiger partial charge in [-0.15, -0.1) is 5.10 Å². The van der Waals surface area contributed by atoms with Gasteiger partial charge in [-0.25, -0.2) is 9.67 Å². The van der Waals surface area contributed by atoms with Crippen molar-refractivity contribution in [3.63, 3.8) is 0 Å². The Kier molecular flexibility index (Phi) is 3.00. The summed E-state index contributed by atoms with van der Waals surface area (Å²) in [5.74, 6) is 0.626. The highest BCUT2D eigenvalue weighted by Gasteiger charge is 2.34. The van der Waals surface area contributed by atoms with Crippen LogP contribution in [0.3, 0.4) is 0 Å². The van der Waals surface area contributed by atoms with E-state index in [0.29, 0.717) is 12.2 Å². The molecule has 0 saturated carbocycles. The van der Waals surface area contributed by atoms with E-state index in [-0.39, 0.29) is 23.0 Å². The zero-order chi connectivity index (χ0) is 13.5. The van der Waals surface area contributed by atoms with Gasteiger partial charge < -0.3 is 0 Å². The Bertz CT molecular complexity index is 580. The van der Waals surface area contributed by atoms with Crippen LogP contribution in [0.15, 0.2) is 35.5 Å². The summed E-state index contributed by atoms with van der Waals surface area (Å²) in [6.07, 6.45) is 1.49. The molecule has 3 nitrogen and oxygen atoms in total. The summed E-state index contributed by atoms with van der Waals surface area (Å²) in [6, 6.07) is 9.64. The van der Waals surface area contributed by atoms with Gasteiger partial charge in [0.1, 0.15) is 5.82 Å². The molecule has 2 aromatic rings. The average molecular weight is 285 g/mol. The Morgan fingerprint density at radius 3 is 2.63 bits per heavy atom. The molecule has 3 rings (SSSR count). The molecule has 2 heterocycles. The van der Waals surface area contributed by atoms with Crippen molar-refractivity contribution in [2.45, 2.75) is 29.5 Å². The van der Waals surface area contributed by atoms with E-state index in [9.17, 15) is 13.2 Å². The van der Waals surface area contributed by atoms with Crippen molar-refractivity contribution in [1.82, 2.24) is 14.8 Å². The summed E-state index contributed by atoms with van der Waals surface area (Å²) < 4.78 is 38.5. The van der Waals surface area contributed by atoms with E-state index < -0.39 is 5.51 Å². The highest BCUT2D eigenvalue weighted by molar-refractivity contribution is 8.00. The molecule has 7 heteroatoms. The van der Waals surface area contributed by atoms with Gasteiger partial charge in [0, 0.05) is 18.2 Å². The molecule has 100 valence electrons. The van der Waals surface area contributed by atoms with Crippen LogP contribution in [0.1, 0.15) is 23.9 Å². The van der Waals surface area contributed by atoms with Crippen LogP contribution in [0.2, 0.25) is 0 Å². The number of halogens is 3. The first-order valence-electron chi connectivity index (χ1n) is 5.79. The number of fused-ring (bicyclic) bond motifs is 1. The highest BCUT2D eigenvalue weighted by Crippen LogP contribution is 2.37. The summed E-state index contributed by atoms with van der Waals surface area (Å²) in [5, 5.41) is 3.76. The molecule has 0 fully saturated rings. The van der Waals surface area contributed by atoms with Crippen LogP contribution < -0.4 is 0 Å². The molecule has 1 aromatic heterocycles. The van der Waals surface area contributed by atoms with Crippen molar-refractivity contribution < 1.29 is 13.2 Å². The van der Waals surface area contributed by atoms with E-state index in [2.05, 4.69) is 10.1 Å². The third-order valence-electron chi connectivity index (χ3n) is 3.01. The van der Waals surface area contributed by atoms with E-state index in [0.717, 1.165) is 12.0 Å². The van der Waals surface area contributed by atoms with Gasteiger partial charge in [-0.2, -0.15) is 13.2 Å². The Hall–Kier alpha value is -1.50. The highest BCUT2D eigenvalue weighted by atomic mass is 32.2. The lowest BCUT2D eigenvalue weighted by atomic mass is 10.1. The first kappa shape index (κ1) is 12.5. The average Bonchev–Trinajstić information content (AvgIpc) is 2.87. The van der Waals surface area contributed by atoms with Crippen molar-refractivity contribution in [2.24, 2.45) is 0 Å². The summed E-state index contributed by atoms with van der Waals surface area (Å²) in [7, 11) is 0. The number of thioether (sulfide) groups is 1. The molecule has 0 N–H and O–H groups in total. The minimum Gasteiger partial charge on any atom is -0.241 e. The molecule has 0 saturated heterocycles. The van der Waals surface area contributed by atoms with Crippen LogP contribution in [-0.4, -0.2) is 20.3 Å². The maximum atomic E-state index is 12.3. The number of hydrogen-bond acceptors (Lipinski definition) is 3. The molecule has 0 radical (unpaired) electrons. The van der Waals surface area contributed by atoms with Gasteiger partial charge in [0.05, 0.1) is 6.04 Å².